The molecule has 0 amide bonds. The highest BCUT2D eigenvalue weighted by atomic mass is 31.2. The Labute approximate surface area is 481 Å². The van der Waals surface area contributed by atoms with Crippen molar-refractivity contribution in [1.82, 2.24) is 0 Å². The van der Waals surface area contributed by atoms with E-state index < -0.39 is 32.5 Å². The Balaban J connectivity index is 3.92. The lowest BCUT2D eigenvalue weighted by Crippen LogP contribution is -2.37. The van der Waals surface area contributed by atoms with Gasteiger partial charge in [0.05, 0.1) is 27.7 Å². The van der Waals surface area contributed by atoms with Gasteiger partial charge in [-0.2, -0.15) is 0 Å². The average Bonchev–Trinajstić information content (AvgIpc) is 3.41. The van der Waals surface area contributed by atoms with E-state index in [1.807, 2.05) is 21.1 Å². The van der Waals surface area contributed by atoms with E-state index in [-0.39, 0.29) is 26.1 Å². The number of esters is 2. The number of quaternary nitrogens is 1. The Morgan fingerprint density at radius 3 is 1.12 bits per heavy atom. The highest BCUT2D eigenvalue weighted by Crippen LogP contribution is 2.38. The Bertz CT molecular complexity index is 1590. The molecule has 0 fully saturated rings. The normalized spacial score (nSPS) is 13.8. The van der Waals surface area contributed by atoms with E-state index in [4.69, 9.17) is 18.5 Å². The Morgan fingerprint density at radius 2 is 0.731 bits per heavy atom. The van der Waals surface area contributed by atoms with Crippen LogP contribution in [0.1, 0.15) is 284 Å². The van der Waals surface area contributed by atoms with Crippen LogP contribution in [0.5, 0.6) is 0 Å². The lowest BCUT2D eigenvalue weighted by Gasteiger charge is -2.28. The molecule has 0 aliphatic heterocycles. The predicted molar refractivity (Wildman–Crippen MR) is 332 cm³/mol. The standard InChI is InChI=1S/C68H122NO8P/c1-6-8-10-12-14-16-18-20-22-23-24-25-26-27-28-29-30-31-32-33-34-35-36-37-38-39-40-41-42-43-44-45-47-48-50-52-54-56-58-60-67(70)74-64-66(65-76-78(72,73)75-63-62-69(3,4)5)77-68(71)61-59-57-55-53-51-49-46-21-19-17-15-13-11-9-7-2/h9,11,15,17-18,20-21,23-24,26-27,46,51,53,66H,6-8,10,12-14,16,19,22,25,28-45,47-50,52,54-65H2,1-5H3/b11-9-,17-15-,20-18-,24-23-,27-26-,46-21-,53-51-. The van der Waals surface area contributed by atoms with Crippen LogP contribution in [0.2, 0.25) is 0 Å². The van der Waals surface area contributed by atoms with E-state index in [1.165, 1.54) is 180 Å². The fourth-order valence-electron chi connectivity index (χ4n) is 8.95. The number of phosphoric acid groups is 1. The zero-order chi connectivity index (χ0) is 57.0. The van der Waals surface area contributed by atoms with Crippen molar-refractivity contribution in [3.05, 3.63) is 85.1 Å². The molecule has 0 heterocycles. The molecule has 10 heteroatoms. The summed E-state index contributed by atoms with van der Waals surface area (Å²) in [6.07, 6.45) is 79.7. The second-order valence-electron chi connectivity index (χ2n) is 22.7. The van der Waals surface area contributed by atoms with Gasteiger partial charge in [-0.3, -0.25) is 14.2 Å². The van der Waals surface area contributed by atoms with Gasteiger partial charge < -0.3 is 27.9 Å². The second kappa shape index (κ2) is 58.8. The number of nitrogens with zero attached hydrogens (tertiary/aromatic N) is 1. The number of hydrogen-bond acceptors (Lipinski definition) is 8. The molecule has 0 aromatic rings. The first kappa shape index (κ1) is 75.2. The van der Waals surface area contributed by atoms with Crippen molar-refractivity contribution in [2.24, 2.45) is 0 Å². The Kier molecular flexibility index (Phi) is 56.7. The molecule has 452 valence electrons. The molecular formula is C68H122NO8P. The van der Waals surface area contributed by atoms with Gasteiger partial charge in [-0.05, 0) is 89.9 Å². The third-order valence-corrected chi connectivity index (χ3v) is 14.9. The number of ether oxygens (including phenoxy) is 2. The van der Waals surface area contributed by atoms with Crippen molar-refractivity contribution in [1.29, 1.82) is 0 Å². The summed E-state index contributed by atoms with van der Waals surface area (Å²) in [6.45, 7) is 4.07. The molecule has 2 unspecified atom stereocenters. The number of allylic oxidation sites excluding steroid dienone is 14. The van der Waals surface area contributed by atoms with E-state index in [0.29, 0.717) is 17.4 Å². The fourth-order valence-corrected chi connectivity index (χ4v) is 9.68. The van der Waals surface area contributed by atoms with Crippen LogP contribution in [0.4, 0.5) is 0 Å². The molecule has 0 saturated heterocycles. The van der Waals surface area contributed by atoms with Crippen LogP contribution in [0.25, 0.3) is 0 Å². The van der Waals surface area contributed by atoms with Crippen LogP contribution in [-0.2, 0) is 32.7 Å². The quantitative estimate of drug-likeness (QED) is 0.0195. The van der Waals surface area contributed by atoms with Crippen LogP contribution < -0.4 is 4.89 Å². The zero-order valence-corrected chi connectivity index (χ0v) is 52.2. The third kappa shape index (κ3) is 62.4. The Morgan fingerprint density at radius 1 is 0.410 bits per heavy atom. The maximum absolute atomic E-state index is 12.7. The number of likely N-dealkylation sites (N-methyl/N-ethyl adjacent to an activating group) is 1. The fraction of sp³-hybridized carbons (Fsp3) is 0.765. The van der Waals surface area contributed by atoms with Crippen molar-refractivity contribution >= 4 is 19.8 Å². The third-order valence-electron chi connectivity index (χ3n) is 13.9. The van der Waals surface area contributed by atoms with Crippen molar-refractivity contribution < 1.29 is 42.1 Å². The predicted octanol–water partition coefficient (Wildman–Crippen LogP) is 20.0. The topological polar surface area (TPSA) is 111 Å². The molecule has 0 N–H and O–H groups in total. The minimum absolute atomic E-state index is 0.0408. The van der Waals surface area contributed by atoms with Crippen molar-refractivity contribution in [3.8, 4) is 0 Å². The highest BCUT2D eigenvalue weighted by molar-refractivity contribution is 7.45. The Hall–Kier alpha value is -2.81. The molecule has 0 rings (SSSR count). The minimum Gasteiger partial charge on any atom is -0.756 e. The first-order valence-electron chi connectivity index (χ1n) is 32.3. The molecule has 78 heavy (non-hydrogen) atoms. The van der Waals surface area contributed by atoms with Gasteiger partial charge in [0.2, 0.25) is 0 Å². The largest absolute Gasteiger partial charge is 0.756 e. The number of rotatable bonds is 59. The number of carbonyl (C=O) groups excluding carboxylic acids is 2. The van der Waals surface area contributed by atoms with Crippen LogP contribution in [-0.4, -0.2) is 70.0 Å². The summed E-state index contributed by atoms with van der Waals surface area (Å²) >= 11 is 0. The molecule has 0 bridgehead atoms. The molecule has 0 saturated carbocycles. The maximum atomic E-state index is 12.7. The van der Waals surface area contributed by atoms with E-state index in [9.17, 15) is 19.0 Å². The molecule has 0 aliphatic rings. The molecule has 0 aromatic carbocycles. The second-order valence-corrected chi connectivity index (χ2v) is 24.2. The van der Waals surface area contributed by atoms with Gasteiger partial charge in [-0.25, -0.2) is 0 Å². The van der Waals surface area contributed by atoms with E-state index in [2.05, 4.69) is 98.9 Å². The number of hydrogen-bond donors (Lipinski definition) is 0. The highest BCUT2D eigenvalue weighted by Gasteiger charge is 2.22. The van der Waals surface area contributed by atoms with Crippen LogP contribution in [0.3, 0.4) is 0 Å². The van der Waals surface area contributed by atoms with Crippen LogP contribution in [0, 0.1) is 0 Å². The molecule has 0 aromatic heterocycles. The molecule has 0 aliphatic carbocycles. The molecular weight excluding hydrogens is 990 g/mol. The monoisotopic (exact) mass is 1110 g/mol. The van der Waals surface area contributed by atoms with Gasteiger partial charge in [-0.1, -0.05) is 266 Å². The van der Waals surface area contributed by atoms with Crippen molar-refractivity contribution in [2.75, 3.05) is 47.5 Å². The molecule has 9 nitrogen and oxygen atoms in total. The maximum Gasteiger partial charge on any atom is 0.306 e. The number of unbranched alkanes of at least 4 members (excludes halogenated alkanes) is 31. The van der Waals surface area contributed by atoms with Crippen molar-refractivity contribution in [2.45, 2.75) is 290 Å². The summed E-state index contributed by atoms with van der Waals surface area (Å²) in [5.74, 6) is -0.877. The number of carbonyl (C=O) groups is 2. The first-order chi connectivity index (χ1) is 38.0. The van der Waals surface area contributed by atoms with Gasteiger partial charge in [0.1, 0.15) is 19.8 Å². The SMILES string of the molecule is CC/C=C\C/C=C\C/C=C\C/C=C\CCCCC(=O)OC(COC(=O)CCCCCCCCCCCCCCCCCCCCCCCCCC/C=C\C/C=C\C/C=C\CCCCCCC)COP(=O)([O-])OCC[N+](C)(C)C. The lowest BCUT2D eigenvalue weighted by atomic mass is 10.0. The lowest BCUT2D eigenvalue weighted by molar-refractivity contribution is -0.870. The van der Waals surface area contributed by atoms with Gasteiger partial charge >= 0.3 is 11.9 Å². The first-order valence-corrected chi connectivity index (χ1v) is 33.8. The summed E-state index contributed by atoms with van der Waals surface area (Å²) in [7, 11) is 1.14. The van der Waals surface area contributed by atoms with Crippen LogP contribution >= 0.6 is 7.82 Å². The zero-order valence-electron chi connectivity index (χ0n) is 51.3. The molecule has 0 radical (unpaired) electrons. The van der Waals surface area contributed by atoms with Gasteiger partial charge in [0.25, 0.3) is 7.82 Å². The van der Waals surface area contributed by atoms with Crippen LogP contribution in [0.15, 0.2) is 85.1 Å². The number of phosphoric ester groups is 1. The van der Waals surface area contributed by atoms with Gasteiger partial charge in [0.15, 0.2) is 6.10 Å². The molecule has 0 spiro atoms. The summed E-state index contributed by atoms with van der Waals surface area (Å²) in [6, 6.07) is 0. The van der Waals surface area contributed by atoms with E-state index in [0.717, 1.165) is 70.6 Å². The van der Waals surface area contributed by atoms with Crippen molar-refractivity contribution in [3.63, 3.8) is 0 Å². The summed E-state index contributed by atoms with van der Waals surface area (Å²) in [4.78, 5) is 37.8. The van der Waals surface area contributed by atoms with Gasteiger partial charge in [0, 0.05) is 12.8 Å². The summed E-state index contributed by atoms with van der Waals surface area (Å²) in [5, 5.41) is 0. The smallest absolute Gasteiger partial charge is 0.306 e. The van der Waals surface area contributed by atoms with Gasteiger partial charge in [-0.15, -0.1) is 0 Å². The van der Waals surface area contributed by atoms with E-state index in [1.54, 1.807) is 0 Å². The summed E-state index contributed by atoms with van der Waals surface area (Å²) in [5.41, 5.74) is 0. The summed E-state index contributed by atoms with van der Waals surface area (Å²) < 4.78 is 34.1. The molecule has 2 atom stereocenters. The van der Waals surface area contributed by atoms with E-state index >= 15 is 0 Å². The average molecular weight is 1110 g/mol. The minimum atomic E-state index is -4.65.